The van der Waals surface area contributed by atoms with Gasteiger partial charge in [0.25, 0.3) is 0 Å². The van der Waals surface area contributed by atoms with Gasteiger partial charge in [-0.15, -0.1) is 23.2 Å². The van der Waals surface area contributed by atoms with Crippen LogP contribution in [0.15, 0.2) is 0 Å². The highest BCUT2D eigenvalue weighted by Gasteiger charge is 2.12. The molecule has 0 unspecified atom stereocenters. The molecule has 0 amide bonds. The molecule has 2 radical (unpaired) electrons. The van der Waals surface area contributed by atoms with Crippen LogP contribution >= 0.6 is 23.2 Å². The quantitative estimate of drug-likeness (QED) is 0.382. The lowest BCUT2D eigenvalue weighted by Crippen LogP contribution is -2.19. The first-order valence-corrected chi connectivity index (χ1v) is 9.80. The van der Waals surface area contributed by atoms with E-state index in [0.717, 1.165) is 9.52 Å². The Morgan fingerprint density at radius 3 is 2.18 bits per heavy atom. The SMILES string of the molecule is C[Si](C)(C)CCC[Si]C(Cl)Cl. The fraction of sp³-hybridized carbons (Fsp3) is 1.00. The van der Waals surface area contributed by atoms with Gasteiger partial charge in [-0.25, -0.2) is 0 Å². The summed E-state index contributed by atoms with van der Waals surface area (Å²) in [5, 5.41) is 0. The Kier molecular flexibility index (Phi) is 6.14. The molecule has 11 heavy (non-hydrogen) atoms. The minimum Gasteiger partial charge on any atom is -0.110 e. The van der Waals surface area contributed by atoms with Crippen molar-refractivity contribution in [3.63, 3.8) is 0 Å². The van der Waals surface area contributed by atoms with Gasteiger partial charge < -0.3 is 0 Å². The van der Waals surface area contributed by atoms with Gasteiger partial charge in [0.05, 0.1) is 14.0 Å². The highest BCUT2D eigenvalue weighted by Crippen LogP contribution is 2.14. The molecule has 0 saturated carbocycles. The molecule has 0 aromatic heterocycles. The van der Waals surface area contributed by atoms with Crippen molar-refractivity contribution in [3.05, 3.63) is 0 Å². The Bertz CT molecular complexity index is 99.1. The Balaban J connectivity index is 3.15. The molecule has 0 heterocycles. The van der Waals surface area contributed by atoms with Crippen molar-refractivity contribution >= 4 is 40.8 Å². The number of alkyl halides is 2. The molecule has 0 rings (SSSR count). The number of hydrogen-bond donors (Lipinski definition) is 0. The Labute approximate surface area is 83.5 Å². The standard InChI is InChI=1S/C7H16Cl2Si2/c1-11(2,3)6-4-5-10-7(8)9/h7H,4-6H2,1-3H3. The molecule has 4 heteroatoms. The molecule has 0 spiro atoms. The fourth-order valence-electron chi connectivity index (χ4n) is 0.830. The molecule has 0 saturated heterocycles. The molecule has 0 aromatic rings. The monoisotopic (exact) mass is 226 g/mol. The second-order valence-corrected chi connectivity index (χ2v) is 12.9. The van der Waals surface area contributed by atoms with Crippen molar-refractivity contribution in [2.75, 3.05) is 0 Å². The van der Waals surface area contributed by atoms with Crippen LogP contribution in [-0.4, -0.2) is 22.1 Å². The lowest BCUT2D eigenvalue weighted by atomic mass is 10.6. The van der Waals surface area contributed by atoms with Crippen molar-refractivity contribution in [2.24, 2.45) is 0 Å². The summed E-state index contributed by atoms with van der Waals surface area (Å²) in [4.78, 5) is 0. The topological polar surface area (TPSA) is 0 Å². The van der Waals surface area contributed by atoms with Crippen LogP contribution in [0, 0.1) is 0 Å². The van der Waals surface area contributed by atoms with Crippen molar-refractivity contribution in [2.45, 2.75) is 42.6 Å². The van der Waals surface area contributed by atoms with E-state index in [4.69, 9.17) is 23.2 Å². The molecule has 0 aromatic carbocycles. The Morgan fingerprint density at radius 2 is 1.82 bits per heavy atom. The van der Waals surface area contributed by atoms with E-state index in [-0.39, 0.29) is 4.46 Å². The predicted molar refractivity (Wildman–Crippen MR) is 58.8 cm³/mol. The van der Waals surface area contributed by atoms with Crippen LogP contribution in [0.4, 0.5) is 0 Å². The molecule has 0 fully saturated rings. The van der Waals surface area contributed by atoms with E-state index >= 15 is 0 Å². The highest BCUT2D eigenvalue weighted by atomic mass is 35.5. The first kappa shape index (κ1) is 12.0. The van der Waals surface area contributed by atoms with Gasteiger partial charge in [-0.05, 0) is 0 Å². The van der Waals surface area contributed by atoms with Gasteiger partial charge in [-0.1, -0.05) is 38.2 Å². The molecular weight excluding hydrogens is 211 g/mol. The number of halogens is 2. The van der Waals surface area contributed by atoms with Crippen molar-refractivity contribution in [1.82, 2.24) is 0 Å². The minimum atomic E-state index is -0.811. The summed E-state index contributed by atoms with van der Waals surface area (Å²) >= 11 is 11.2. The Hall–Kier alpha value is 1.01. The van der Waals surface area contributed by atoms with E-state index in [1.165, 1.54) is 18.5 Å². The molecule has 0 aliphatic rings. The summed E-state index contributed by atoms with van der Waals surface area (Å²) in [6.07, 6.45) is 1.31. The normalized spacial score (nSPS) is 12.5. The van der Waals surface area contributed by atoms with Gasteiger partial charge in [0.1, 0.15) is 0 Å². The highest BCUT2D eigenvalue weighted by molar-refractivity contribution is 6.76. The average molecular weight is 227 g/mol. The third kappa shape index (κ3) is 11.0. The van der Waals surface area contributed by atoms with Crippen molar-refractivity contribution in [1.29, 1.82) is 0 Å². The van der Waals surface area contributed by atoms with Gasteiger partial charge in [-0.3, -0.25) is 0 Å². The van der Waals surface area contributed by atoms with Crippen LogP contribution in [0.5, 0.6) is 0 Å². The largest absolute Gasteiger partial charge is 0.110 e. The van der Waals surface area contributed by atoms with E-state index in [2.05, 4.69) is 19.6 Å². The van der Waals surface area contributed by atoms with Crippen LogP contribution in [0.3, 0.4) is 0 Å². The van der Waals surface area contributed by atoms with Crippen LogP contribution in [0.1, 0.15) is 6.42 Å². The van der Waals surface area contributed by atoms with Crippen LogP contribution < -0.4 is 0 Å². The van der Waals surface area contributed by atoms with E-state index in [1.807, 2.05) is 0 Å². The van der Waals surface area contributed by atoms with Gasteiger partial charge >= 0.3 is 0 Å². The summed E-state index contributed by atoms with van der Waals surface area (Å²) in [7, 11) is -0.0833. The summed E-state index contributed by atoms with van der Waals surface area (Å²) in [5.74, 6) is 0. The van der Waals surface area contributed by atoms with Crippen LogP contribution in [-0.2, 0) is 0 Å². The van der Waals surface area contributed by atoms with E-state index in [1.54, 1.807) is 0 Å². The molecular formula is C7H16Cl2Si2. The zero-order valence-corrected chi connectivity index (χ0v) is 11.0. The van der Waals surface area contributed by atoms with Crippen LogP contribution in [0.2, 0.25) is 31.7 Å². The van der Waals surface area contributed by atoms with Gasteiger partial charge in [-0.2, -0.15) is 0 Å². The Morgan fingerprint density at radius 1 is 1.27 bits per heavy atom. The third-order valence-electron chi connectivity index (χ3n) is 1.40. The second-order valence-electron chi connectivity index (χ2n) is 3.92. The van der Waals surface area contributed by atoms with Crippen LogP contribution in [0.25, 0.3) is 0 Å². The summed E-state index contributed by atoms with van der Waals surface area (Å²) in [6.45, 7) is 7.19. The van der Waals surface area contributed by atoms with Gasteiger partial charge in [0.15, 0.2) is 0 Å². The summed E-state index contributed by atoms with van der Waals surface area (Å²) in [5.41, 5.74) is 0. The number of rotatable bonds is 5. The lowest BCUT2D eigenvalue weighted by molar-refractivity contribution is 1.03. The molecule has 66 valence electrons. The predicted octanol–water partition coefficient (Wildman–Crippen LogP) is 3.60. The molecule has 0 aliphatic heterocycles. The minimum absolute atomic E-state index is 0.128. The van der Waals surface area contributed by atoms with E-state index in [9.17, 15) is 0 Å². The zero-order valence-electron chi connectivity index (χ0n) is 7.45. The summed E-state index contributed by atoms with van der Waals surface area (Å²) < 4.78 is -0.128. The fourth-order valence-corrected chi connectivity index (χ4v) is 3.67. The third-order valence-corrected chi connectivity index (χ3v) is 5.13. The first-order valence-electron chi connectivity index (χ1n) is 3.93. The average Bonchev–Trinajstić information content (AvgIpc) is 1.78. The second kappa shape index (κ2) is 5.62. The maximum absolute atomic E-state index is 5.62. The van der Waals surface area contributed by atoms with Crippen molar-refractivity contribution < 1.29 is 0 Å². The van der Waals surface area contributed by atoms with Crippen molar-refractivity contribution in [3.8, 4) is 0 Å². The van der Waals surface area contributed by atoms with Gasteiger partial charge in [0.2, 0.25) is 0 Å². The first-order chi connectivity index (χ1) is 4.92. The molecule has 0 N–H and O–H groups in total. The summed E-state index contributed by atoms with van der Waals surface area (Å²) in [6, 6.07) is 2.61. The smallest absolute Gasteiger partial charge is 0.0929 e. The van der Waals surface area contributed by atoms with Gasteiger partial charge in [0, 0.05) is 8.07 Å². The van der Waals surface area contributed by atoms with E-state index < -0.39 is 8.07 Å². The van der Waals surface area contributed by atoms with E-state index in [0.29, 0.717) is 0 Å². The maximum atomic E-state index is 5.62. The molecule has 0 bridgehead atoms. The lowest BCUT2D eigenvalue weighted by Gasteiger charge is -2.14. The zero-order chi connectivity index (χ0) is 8.91. The molecule has 0 atom stereocenters. The molecule has 0 aliphatic carbocycles. The maximum Gasteiger partial charge on any atom is 0.0929 e. The number of hydrogen-bond acceptors (Lipinski definition) is 0. The molecule has 0 nitrogen and oxygen atoms in total.